The van der Waals surface area contributed by atoms with Gasteiger partial charge in [-0.15, -0.1) is 0 Å². The van der Waals surface area contributed by atoms with Gasteiger partial charge in [0, 0.05) is 18.7 Å². The highest BCUT2D eigenvalue weighted by atomic mass is 19.4. The van der Waals surface area contributed by atoms with E-state index in [4.69, 9.17) is 0 Å². The van der Waals surface area contributed by atoms with Gasteiger partial charge >= 0.3 is 6.18 Å². The van der Waals surface area contributed by atoms with Crippen LogP contribution in [0.4, 0.5) is 13.2 Å². The Morgan fingerprint density at radius 3 is 2.82 bits per heavy atom. The molecule has 2 aromatic rings. The largest absolute Gasteiger partial charge is 0.439 e. The molecule has 1 fully saturated rings. The number of aromatic nitrogens is 2. The molecule has 1 aliphatic heterocycles. The molecule has 1 aliphatic carbocycles. The molecule has 0 bridgehead atoms. The van der Waals surface area contributed by atoms with Crippen LogP contribution in [0.1, 0.15) is 37.9 Å². The van der Waals surface area contributed by atoms with Crippen molar-refractivity contribution in [3.63, 3.8) is 0 Å². The number of carbonyl (C=O) groups is 1. The molecule has 1 aromatic heterocycles. The fourth-order valence-corrected chi connectivity index (χ4v) is 4.26. The Hall–Kier alpha value is -2.42. The Labute approximate surface area is 159 Å². The number of aliphatic hydroxyl groups is 1. The van der Waals surface area contributed by atoms with E-state index in [1.807, 2.05) is 24.3 Å². The zero-order valence-corrected chi connectivity index (χ0v) is 15.4. The average Bonchev–Trinajstić information content (AvgIpc) is 3.14. The fourth-order valence-electron chi connectivity index (χ4n) is 4.26. The number of carbonyl (C=O) groups excluding carboxylic acids is 1. The van der Waals surface area contributed by atoms with Gasteiger partial charge in [-0.1, -0.05) is 18.6 Å². The van der Waals surface area contributed by atoms with Gasteiger partial charge < -0.3 is 9.67 Å². The molecule has 2 aliphatic rings. The molecule has 28 heavy (non-hydrogen) atoms. The molecule has 0 saturated heterocycles. The van der Waals surface area contributed by atoms with E-state index in [1.54, 1.807) is 11.5 Å². The lowest BCUT2D eigenvalue weighted by Gasteiger charge is -2.38. The number of benzene rings is 1. The number of hydrogen-bond acceptors (Lipinski definition) is 4. The number of amides is 1. The third-order valence-corrected chi connectivity index (χ3v) is 5.66. The summed E-state index contributed by atoms with van der Waals surface area (Å²) in [6, 6.07) is 7.35. The van der Waals surface area contributed by atoms with E-state index in [9.17, 15) is 23.1 Å². The number of fused-ring (bicyclic) bond motifs is 2. The van der Waals surface area contributed by atoms with E-state index in [0.717, 1.165) is 11.0 Å². The Bertz CT molecular complexity index is 952. The molecule has 150 valence electrons. The average molecular weight is 394 g/mol. The lowest BCUT2D eigenvalue weighted by Crippen LogP contribution is -2.61. The van der Waals surface area contributed by atoms with Crippen LogP contribution < -0.4 is 0 Å². The van der Waals surface area contributed by atoms with Gasteiger partial charge in [-0.2, -0.15) is 23.3 Å². The zero-order valence-electron chi connectivity index (χ0n) is 15.4. The molecular formula is C19H21F3N4O2. The van der Waals surface area contributed by atoms with Gasteiger partial charge in [0.05, 0.1) is 17.0 Å². The minimum absolute atomic E-state index is 0.158. The van der Waals surface area contributed by atoms with E-state index in [0.29, 0.717) is 25.1 Å². The topological polar surface area (TPSA) is 70.7 Å². The predicted molar refractivity (Wildman–Crippen MR) is 96.3 cm³/mol. The number of rotatable bonds is 3. The molecule has 2 heterocycles. The molecule has 1 saturated carbocycles. The number of nitrogens with zero attached hydrogens (tertiary/aromatic N) is 4. The van der Waals surface area contributed by atoms with Crippen LogP contribution in [0, 0.1) is 12.8 Å². The van der Waals surface area contributed by atoms with Crippen molar-refractivity contribution in [2.45, 2.75) is 57.5 Å². The van der Waals surface area contributed by atoms with Crippen molar-refractivity contribution >= 4 is 22.7 Å². The SMILES string of the molecule is Cc1nc2ccccc2n1CCC(=O)N1N=C2CCCC[C@H]2[C@]1(O)C(F)(F)F. The first-order valence-corrected chi connectivity index (χ1v) is 9.35. The maximum atomic E-state index is 13.8. The van der Waals surface area contributed by atoms with Gasteiger partial charge in [-0.05, 0) is 38.3 Å². The van der Waals surface area contributed by atoms with Gasteiger partial charge in [0.15, 0.2) is 0 Å². The number of para-hydroxylation sites is 2. The summed E-state index contributed by atoms with van der Waals surface area (Å²) >= 11 is 0. The quantitative estimate of drug-likeness (QED) is 0.868. The highest BCUT2D eigenvalue weighted by Gasteiger charge is 2.68. The summed E-state index contributed by atoms with van der Waals surface area (Å²) in [5, 5.41) is 14.8. The monoisotopic (exact) mass is 394 g/mol. The first-order chi connectivity index (χ1) is 13.2. The molecule has 1 N–H and O–H groups in total. The minimum atomic E-state index is -4.98. The van der Waals surface area contributed by atoms with Crippen LogP contribution in [0.15, 0.2) is 29.4 Å². The first kappa shape index (κ1) is 18.9. The number of imidazole rings is 1. The summed E-state index contributed by atoms with van der Waals surface area (Å²) in [5.41, 5.74) is -1.43. The smallest absolute Gasteiger partial charge is 0.362 e. The van der Waals surface area contributed by atoms with E-state index in [2.05, 4.69) is 10.1 Å². The molecule has 0 unspecified atom stereocenters. The standard InChI is InChI=1S/C19H21F3N4O2/c1-12-23-15-8-4-5-9-16(15)25(12)11-10-17(27)26-18(28,19(20,21)22)13-6-2-3-7-14(13)24-26/h4-5,8-9,13,28H,2-3,6-7,10-11H2,1H3/t13-,18+/m1/s1. The summed E-state index contributed by atoms with van der Waals surface area (Å²) in [6.07, 6.45) is -3.37. The molecule has 9 heteroatoms. The summed E-state index contributed by atoms with van der Waals surface area (Å²) in [5.74, 6) is -1.36. The highest BCUT2D eigenvalue weighted by molar-refractivity contribution is 5.93. The zero-order chi connectivity index (χ0) is 20.1. The van der Waals surface area contributed by atoms with Crippen LogP contribution in [0.25, 0.3) is 11.0 Å². The number of halogens is 3. The van der Waals surface area contributed by atoms with Crippen molar-refractivity contribution in [3.8, 4) is 0 Å². The van der Waals surface area contributed by atoms with Crippen LogP contribution >= 0.6 is 0 Å². The molecule has 2 atom stereocenters. The second kappa shape index (κ2) is 6.58. The lowest BCUT2D eigenvalue weighted by atomic mass is 9.80. The van der Waals surface area contributed by atoms with Crippen LogP contribution in [-0.2, 0) is 11.3 Å². The Morgan fingerprint density at radius 2 is 2.07 bits per heavy atom. The Kier molecular flexibility index (Phi) is 4.45. The fraction of sp³-hybridized carbons (Fsp3) is 0.526. The maximum Gasteiger partial charge on any atom is 0.439 e. The van der Waals surface area contributed by atoms with E-state index in [-0.39, 0.29) is 30.1 Å². The van der Waals surface area contributed by atoms with Crippen molar-refractivity contribution in [1.29, 1.82) is 0 Å². The van der Waals surface area contributed by atoms with Crippen LogP contribution in [0.5, 0.6) is 0 Å². The van der Waals surface area contributed by atoms with Crippen LogP contribution in [0.3, 0.4) is 0 Å². The highest BCUT2D eigenvalue weighted by Crippen LogP contribution is 2.48. The summed E-state index contributed by atoms with van der Waals surface area (Å²) in [7, 11) is 0. The van der Waals surface area contributed by atoms with Crippen molar-refractivity contribution in [2.75, 3.05) is 0 Å². The minimum Gasteiger partial charge on any atom is -0.362 e. The predicted octanol–water partition coefficient (Wildman–Crippen LogP) is 3.37. The number of alkyl halides is 3. The van der Waals surface area contributed by atoms with Gasteiger partial charge in [0.2, 0.25) is 5.91 Å². The third-order valence-electron chi connectivity index (χ3n) is 5.66. The summed E-state index contributed by atoms with van der Waals surface area (Å²) in [6.45, 7) is 1.94. The van der Waals surface area contributed by atoms with Gasteiger partial charge in [-0.3, -0.25) is 4.79 Å². The second-order valence-electron chi connectivity index (χ2n) is 7.37. The van der Waals surface area contributed by atoms with Crippen molar-refractivity contribution < 1.29 is 23.1 Å². The van der Waals surface area contributed by atoms with E-state index < -0.39 is 23.7 Å². The van der Waals surface area contributed by atoms with E-state index in [1.165, 1.54) is 0 Å². The molecular weight excluding hydrogens is 373 g/mol. The Morgan fingerprint density at radius 1 is 1.32 bits per heavy atom. The molecule has 1 aromatic carbocycles. The van der Waals surface area contributed by atoms with Crippen molar-refractivity contribution in [3.05, 3.63) is 30.1 Å². The molecule has 6 nitrogen and oxygen atoms in total. The number of hydrogen-bond donors (Lipinski definition) is 1. The van der Waals surface area contributed by atoms with Crippen LogP contribution in [0.2, 0.25) is 0 Å². The number of aryl methyl sites for hydroxylation is 2. The maximum absolute atomic E-state index is 13.8. The lowest BCUT2D eigenvalue weighted by molar-refractivity contribution is -0.317. The second-order valence-corrected chi connectivity index (χ2v) is 7.37. The van der Waals surface area contributed by atoms with Crippen molar-refractivity contribution in [1.82, 2.24) is 14.6 Å². The molecule has 0 radical (unpaired) electrons. The molecule has 0 spiro atoms. The molecule has 4 rings (SSSR count). The number of hydrazone groups is 1. The summed E-state index contributed by atoms with van der Waals surface area (Å²) < 4.78 is 43.1. The first-order valence-electron chi connectivity index (χ1n) is 9.35. The normalized spacial score (nSPS) is 25.1. The van der Waals surface area contributed by atoms with Gasteiger partial charge in [-0.25, -0.2) is 4.98 Å². The third kappa shape index (κ3) is 2.80. The van der Waals surface area contributed by atoms with Crippen LogP contribution in [-0.4, -0.2) is 43.2 Å². The van der Waals surface area contributed by atoms with Gasteiger partial charge in [0.25, 0.3) is 5.72 Å². The molecule has 1 amide bonds. The Balaban J connectivity index is 1.59. The summed E-state index contributed by atoms with van der Waals surface area (Å²) in [4.78, 5) is 17.1. The van der Waals surface area contributed by atoms with E-state index >= 15 is 0 Å². The van der Waals surface area contributed by atoms with Gasteiger partial charge in [0.1, 0.15) is 5.82 Å². The van der Waals surface area contributed by atoms with Crippen molar-refractivity contribution in [2.24, 2.45) is 11.0 Å².